The SMILES string of the molecule is C.CC.CC.CCCCc1cc(C)ccc1/C=C(\C)c1ccc(C)cc1C. The van der Waals surface area contributed by atoms with Crippen LogP contribution in [0, 0.1) is 20.8 Å². The summed E-state index contributed by atoms with van der Waals surface area (Å²) >= 11 is 0. The molecule has 0 atom stereocenters. The highest BCUT2D eigenvalue weighted by atomic mass is 14.1. The Kier molecular flexibility index (Phi) is 15.5. The van der Waals surface area contributed by atoms with Crippen LogP contribution in [0.25, 0.3) is 11.6 Å². The van der Waals surface area contributed by atoms with E-state index in [0.29, 0.717) is 0 Å². The number of rotatable bonds is 5. The minimum Gasteiger partial charge on any atom is -0.0776 e. The van der Waals surface area contributed by atoms with E-state index in [1.807, 2.05) is 27.7 Å². The quantitative estimate of drug-likeness (QED) is 0.461. The lowest BCUT2D eigenvalue weighted by molar-refractivity contribution is 0.793. The van der Waals surface area contributed by atoms with Gasteiger partial charge in [0.1, 0.15) is 0 Å². The van der Waals surface area contributed by atoms with Gasteiger partial charge < -0.3 is 0 Å². The Bertz CT molecular complexity index is 674. The number of hydrogen-bond acceptors (Lipinski definition) is 0. The molecule has 0 unspecified atom stereocenters. The molecule has 0 saturated carbocycles. The summed E-state index contributed by atoms with van der Waals surface area (Å²) in [5.41, 5.74) is 9.59. The number of benzene rings is 2. The molecular weight excluding hydrogens is 324 g/mol. The second-order valence-electron chi connectivity index (χ2n) is 6.45. The van der Waals surface area contributed by atoms with Crippen molar-refractivity contribution in [3.63, 3.8) is 0 Å². The van der Waals surface area contributed by atoms with Crippen molar-refractivity contribution >= 4 is 11.6 Å². The van der Waals surface area contributed by atoms with Crippen LogP contribution in [0.3, 0.4) is 0 Å². The van der Waals surface area contributed by atoms with Crippen LogP contribution < -0.4 is 0 Å². The van der Waals surface area contributed by atoms with E-state index >= 15 is 0 Å². The van der Waals surface area contributed by atoms with Crippen molar-refractivity contribution in [1.82, 2.24) is 0 Å². The van der Waals surface area contributed by atoms with E-state index in [0.717, 1.165) is 0 Å². The van der Waals surface area contributed by atoms with Gasteiger partial charge in [-0.05, 0) is 68.4 Å². The first-order chi connectivity index (χ1) is 12.5. The highest BCUT2D eigenvalue weighted by Gasteiger charge is 2.04. The minimum atomic E-state index is 0. The van der Waals surface area contributed by atoms with Crippen LogP contribution >= 0.6 is 0 Å². The molecule has 0 aliphatic heterocycles. The molecule has 0 nitrogen and oxygen atoms in total. The fourth-order valence-corrected chi connectivity index (χ4v) is 3.03. The molecule has 0 fully saturated rings. The van der Waals surface area contributed by atoms with E-state index in [2.05, 4.69) is 77.1 Å². The first kappa shape index (κ1) is 27.4. The lowest BCUT2D eigenvalue weighted by atomic mass is 9.94. The predicted molar refractivity (Wildman–Crippen MR) is 129 cm³/mol. The molecule has 0 spiro atoms. The molecule has 0 heterocycles. The molecule has 2 rings (SSSR count). The maximum Gasteiger partial charge on any atom is -0.0198 e. The van der Waals surface area contributed by atoms with E-state index in [-0.39, 0.29) is 7.43 Å². The van der Waals surface area contributed by atoms with Crippen molar-refractivity contribution in [2.75, 3.05) is 0 Å². The lowest BCUT2D eigenvalue weighted by Crippen LogP contribution is -1.92. The average molecular weight is 369 g/mol. The summed E-state index contributed by atoms with van der Waals surface area (Å²) in [5, 5.41) is 0. The van der Waals surface area contributed by atoms with Crippen molar-refractivity contribution in [1.29, 1.82) is 0 Å². The van der Waals surface area contributed by atoms with Gasteiger partial charge >= 0.3 is 0 Å². The summed E-state index contributed by atoms with van der Waals surface area (Å²) in [6, 6.07) is 13.5. The summed E-state index contributed by atoms with van der Waals surface area (Å²) in [6.45, 7) is 19.0. The van der Waals surface area contributed by atoms with Crippen LogP contribution in [0.1, 0.15) is 95.2 Å². The Balaban J connectivity index is 0. The van der Waals surface area contributed by atoms with Gasteiger partial charge in [0.25, 0.3) is 0 Å². The monoisotopic (exact) mass is 368 g/mol. The van der Waals surface area contributed by atoms with Gasteiger partial charge in [-0.15, -0.1) is 0 Å². The number of unbranched alkanes of at least 4 members (excludes halogenated alkanes) is 1. The summed E-state index contributed by atoms with van der Waals surface area (Å²) in [6.07, 6.45) is 6.02. The van der Waals surface area contributed by atoms with Crippen LogP contribution in [0.5, 0.6) is 0 Å². The van der Waals surface area contributed by atoms with Crippen LogP contribution in [0.2, 0.25) is 0 Å². The van der Waals surface area contributed by atoms with Gasteiger partial charge in [-0.2, -0.15) is 0 Å². The topological polar surface area (TPSA) is 0 Å². The van der Waals surface area contributed by atoms with Gasteiger partial charge in [-0.3, -0.25) is 0 Å². The first-order valence-corrected chi connectivity index (χ1v) is 10.4. The molecule has 0 aliphatic rings. The van der Waals surface area contributed by atoms with Gasteiger partial charge in [-0.25, -0.2) is 0 Å². The Morgan fingerprint density at radius 3 is 1.96 bits per heavy atom. The molecule has 0 heteroatoms. The molecular formula is C27H44. The molecule has 2 aromatic carbocycles. The fourth-order valence-electron chi connectivity index (χ4n) is 3.03. The molecule has 0 N–H and O–H groups in total. The third-order valence-electron chi connectivity index (χ3n) is 4.28. The summed E-state index contributed by atoms with van der Waals surface area (Å²) in [4.78, 5) is 0. The third-order valence-corrected chi connectivity index (χ3v) is 4.28. The Morgan fingerprint density at radius 2 is 1.41 bits per heavy atom. The number of aryl methyl sites for hydroxylation is 4. The van der Waals surface area contributed by atoms with Crippen LogP contribution in [0.15, 0.2) is 36.4 Å². The van der Waals surface area contributed by atoms with E-state index in [4.69, 9.17) is 0 Å². The molecule has 2 aromatic rings. The largest absolute Gasteiger partial charge is 0.0776 e. The zero-order chi connectivity index (χ0) is 20.1. The normalized spacial score (nSPS) is 10.0. The smallest absolute Gasteiger partial charge is 0.0198 e. The van der Waals surface area contributed by atoms with E-state index in [1.54, 1.807) is 0 Å². The molecule has 0 saturated heterocycles. The van der Waals surface area contributed by atoms with E-state index < -0.39 is 0 Å². The lowest BCUT2D eigenvalue weighted by Gasteiger charge is -2.11. The van der Waals surface area contributed by atoms with E-state index in [9.17, 15) is 0 Å². The Labute approximate surface area is 170 Å². The number of allylic oxidation sites excluding steroid dienone is 1. The molecule has 27 heavy (non-hydrogen) atoms. The van der Waals surface area contributed by atoms with Gasteiger partial charge in [0.2, 0.25) is 0 Å². The summed E-state index contributed by atoms with van der Waals surface area (Å²) in [7, 11) is 0. The van der Waals surface area contributed by atoms with E-state index in [1.165, 1.54) is 58.2 Å². The zero-order valence-electron chi connectivity index (χ0n) is 18.7. The average Bonchev–Trinajstić information content (AvgIpc) is 2.65. The van der Waals surface area contributed by atoms with Crippen molar-refractivity contribution < 1.29 is 0 Å². The molecule has 0 bridgehead atoms. The molecule has 152 valence electrons. The van der Waals surface area contributed by atoms with Gasteiger partial charge in [0.15, 0.2) is 0 Å². The van der Waals surface area contributed by atoms with Crippen molar-refractivity contribution in [3.05, 3.63) is 69.8 Å². The Hall–Kier alpha value is -1.82. The first-order valence-electron chi connectivity index (χ1n) is 10.4. The molecule has 0 aliphatic carbocycles. The standard InChI is InChI=1S/C22H28.2C2H6.CH4/c1-6-7-8-20-14-17(3)9-11-21(20)15-19(5)22-12-10-16(2)13-18(22)4;2*1-2;/h9-15H,6-8H2,1-5H3;2*1-2H3;1H4/b19-15+;;;. The second-order valence-corrected chi connectivity index (χ2v) is 6.45. The van der Waals surface area contributed by atoms with Crippen molar-refractivity contribution in [2.45, 2.75) is 89.0 Å². The summed E-state index contributed by atoms with van der Waals surface area (Å²) < 4.78 is 0. The molecule has 0 radical (unpaired) electrons. The van der Waals surface area contributed by atoms with Gasteiger partial charge in [0, 0.05) is 0 Å². The second kappa shape index (κ2) is 15.3. The fraction of sp³-hybridized carbons (Fsp3) is 0.481. The predicted octanol–water partition coefficient (Wildman–Crippen LogP) is 9.20. The molecule has 0 aromatic heterocycles. The van der Waals surface area contributed by atoms with Crippen LogP contribution in [-0.4, -0.2) is 0 Å². The third kappa shape index (κ3) is 9.09. The minimum absolute atomic E-state index is 0. The van der Waals surface area contributed by atoms with Gasteiger partial charge in [0.05, 0.1) is 0 Å². The van der Waals surface area contributed by atoms with Crippen molar-refractivity contribution in [3.8, 4) is 0 Å². The van der Waals surface area contributed by atoms with Crippen molar-refractivity contribution in [2.24, 2.45) is 0 Å². The maximum absolute atomic E-state index is 2.35. The zero-order valence-corrected chi connectivity index (χ0v) is 18.7. The summed E-state index contributed by atoms with van der Waals surface area (Å²) in [5.74, 6) is 0. The molecule has 0 amide bonds. The van der Waals surface area contributed by atoms with Crippen LogP contribution in [-0.2, 0) is 6.42 Å². The van der Waals surface area contributed by atoms with Gasteiger partial charge in [-0.1, -0.05) is 102 Å². The highest BCUT2D eigenvalue weighted by Crippen LogP contribution is 2.24. The van der Waals surface area contributed by atoms with Crippen LogP contribution in [0.4, 0.5) is 0 Å². The Morgan fingerprint density at radius 1 is 0.852 bits per heavy atom. The highest BCUT2D eigenvalue weighted by molar-refractivity contribution is 5.82. The number of hydrogen-bond donors (Lipinski definition) is 0. The maximum atomic E-state index is 2.35.